The summed E-state index contributed by atoms with van der Waals surface area (Å²) < 4.78 is 72.3. The molecule has 0 aliphatic heterocycles. The fourth-order valence-corrected chi connectivity index (χ4v) is 7.18. The molecule has 1 N–H and O–H groups in total. The van der Waals surface area contributed by atoms with Gasteiger partial charge in [0.15, 0.2) is 9.84 Å². The third-order valence-electron chi connectivity index (χ3n) is 7.08. The molecule has 2 aromatic rings. The topological polar surface area (TPSA) is 121 Å². The average Bonchev–Trinajstić information content (AvgIpc) is 2.92. The number of hydrogen-bond donors (Lipinski definition) is 1. The Balaban J connectivity index is 1.81. The number of alkyl halides is 3. The summed E-state index contributed by atoms with van der Waals surface area (Å²) in [5.41, 5.74) is 7.93. The van der Waals surface area contributed by atoms with Crippen LogP contribution in [-0.4, -0.2) is 50.6 Å². The molecule has 3 rings (SSSR count). The standard InChI is InChI=1S/C30H37F3N4O4S2/c1-29(2,3)41-28(38)18-21(20-6-5-7-23(16-20)30(31,32)33)14-15-35-27-13-8-24(36-37-34)17-22(27)19-43(39,40)26-11-9-25(42-4)10-12-26/h5-7,9-12,16,18,22,24,27,35H,8,13-15,17,19H2,1-4H3/t22-,24+,27+/m1/s1. The van der Waals surface area contributed by atoms with Crippen molar-refractivity contribution in [2.75, 3.05) is 18.6 Å². The molecule has 0 spiro atoms. The van der Waals surface area contributed by atoms with E-state index in [4.69, 9.17) is 10.3 Å². The minimum atomic E-state index is -4.55. The molecule has 13 heteroatoms. The van der Waals surface area contributed by atoms with Crippen LogP contribution in [0, 0.1) is 5.92 Å². The van der Waals surface area contributed by atoms with Gasteiger partial charge in [-0.05, 0) is 118 Å². The Morgan fingerprint density at radius 1 is 1.16 bits per heavy atom. The van der Waals surface area contributed by atoms with Crippen molar-refractivity contribution in [3.63, 3.8) is 0 Å². The first-order valence-corrected chi connectivity index (χ1v) is 16.7. The molecule has 0 aromatic heterocycles. The van der Waals surface area contributed by atoms with Gasteiger partial charge in [0.1, 0.15) is 5.60 Å². The van der Waals surface area contributed by atoms with Crippen LogP contribution in [0.5, 0.6) is 0 Å². The molecule has 43 heavy (non-hydrogen) atoms. The van der Waals surface area contributed by atoms with Gasteiger partial charge >= 0.3 is 12.1 Å². The van der Waals surface area contributed by atoms with E-state index in [1.54, 1.807) is 45.0 Å². The number of carbonyl (C=O) groups excluding carboxylic acids is 1. The summed E-state index contributed by atoms with van der Waals surface area (Å²) in [6.07, 6.45) is 0.230. The lowest BCUT2D eigenvalue weighted by Crippen LogP contribution is -2.44. The Bertz CT molecular complexity index is 1450. The van der Waals surface area contributed by atoms with Crippen LogP contribution >= 0.6 is 11.8 Å². The number of nitrogens with one attached hydrogen (secondary N) is 1. The summed E-state index contributed by atoms with van der Waals surface area (Å²) in [5, 5.41) is 7.21. The van der Waals surface area contributed by atoms with Crippen LogP contribution in [0.2, 0.25) is 0 Å². The summed E-state index contributed by atoms with van der Waals surface area (Å²) in [5.74, 6) is -1.21. The van der Waals surface area contributed by atoms with Gasteiger partial charge in [0.2, 0.25) is 0 Å². The highest BCUT2D eigenvalue weighted by Crippen LogP contribution is 2.33. The van der Waals surface area contributed by atoms with Crippen LogP contribution in [0.3, 0.4) is 0 Å². The number of hydrogen-bond acceptors (Lipinski definition) is 7. The Labute approximate surface area is 255 Å². The molecule has 8 nitrogen and oxygen atoms in total. The number of halogens is 3. The molecule has 0 unspecified atom stereocenters. The van der Waals surface area contributed by atoms with E-state index in [1.807, 2.05) is 6.26 Å². The number of thioether (sulfide) groups is 1. The number of azide groups is 1. The van der Waals surface area contributed by atoms with E-state index in [9.17, 15) is 26.4 Å². The summed E-state index contributed by atoms with van der Waals surface area (Å²) in [6, 6.07) is 10.8. The number of nitrogens with zero attached hydrogens (tertiary/aromatic N) is 3. The predicted molar refractivity (Wildman–Crippen MR) is 162 cm³/mol. The first-order chi connectivity index (χ1) is 20.1. The van der Waals surface area contributed by atoms with Gasteiger partial charge in [0.25, 0.3) is 0 Å². The molecule has 234 valence electrons. The van der Waals surface area contributed by atoms with Crippen molar-refractivity contribution in [2.24, 2.45) is 11.0 Å². The van der Waals surface area contributed by atoms with Crippen LogP contribution in [0.4, 0.5) is 13.2 Å². The molecular formula is C30H37F3N4O4S2. The lowest BCUT2D eigenvalue weighted by atomic mass is 9.83. The van der Waals surface area contributed by atoms with Crippen molar-refractivity contribution >= 4 is 33.1 Å². The summed E-state index contributed by atoms with van der Waals surface area (Å²) in [7, 11) is -3.66. The van der Waals surface area contributed by atoms with Crippen molar-refractivity contribution in [2.45, 2.75) is 80.1 Å². The number of rotatable bonds is 11. The van der Waals surface area contributed by atoms with Crippen LogP contribution < -0.4 is 5.32 Å². The number of esters is 1. The van der Waals surface area contributed by atoms with Crippen LogP contribution in [0.25, 0.3) is 16.0 Å². The van der Waals surface area contributed by atoms with Gasteiger partial charge in [0.05, 0.1) is 16.2 Å². The lowest BCUT2D eigenvalue weighted by Gasteiger charge is -2.35. The highest BCUT2D eigenvalue weighted by atomic mass is 32.2. The van der Waals surface area contributed by atoms with E-state index in [1.165, 1.54) is 30.0 Å². The highest BCUT2D eigenvalue weighted by molar-refractivity contribution is 7.98. The second-order valence-corrected chi connectivity index (χ2v) is 14.4. The fourth-order valence-electron chi connectivity index (χ4n) is 5.09. The molecule has 1 aliphatic rings. The predicted octanol–water partition coefficient (Wildman–Crippen LogP) is 7.45. The van der Waals surface area contributed by atoms with Gasteiger partial charge in [-0.15, -0.1) is 11.8 Å². The molecule has 1 aliphatic carbocycles. The summed E-state index contributed by atoms with van der Waals surface area (Å²) >= 11 is 1.51. The highest BCUT2D eigenvalue weighted by Gasteiger charge is 2.34. The first kappa shape index (κ1) is 34.5. The number of sulfone groups is 1. The fraction of sp³-hybridized carbons (Fsp3) is 0.500. The Kier molecular flexibility index (Phi) is 11.8. The maximum Gasteiger partial charge on any atom is 0.416 e. The van der Waals surface area contributed by atoms with E-state index in [-0.39, 0.29) is 47.2 Å². The van der Waals surface area contributed by atoms with Crippen molar-refractivity contribution in [3.05, 3.63) is 76.2 Å². The van der Waals surface area contributed by atoms with E-state index >= 15 is 0 Å². The zero-order chi connectivity index (χ0) is 31.8. The maximum atomic E-state index is 13.4. The zero-order valence-electron chi connectivity index (χ0n) is 24.6. The number of ether oxygens (including phenoxy) is 1. The normalized spacial score (nSPS) is 19.9. The Morgan fingerprint density at radius 2 is 1.86 bits per heavy atom. The van der Waals surface area contributed by atoms with Gasteiger partial charge in [-0.2, -0.15) is 13.2 Å². The number of carbonyl (C=O) groups is 1. The number of benzene rings is 2. The second kappa shape index (κ2) is 14.7. The first-order valence-electron chi connectivity index (χ1n) is 13.9. The molecule has 3 atom stereocenters. The Hall–Kier alpha value is -2.99. The van der Waals surface area contributed by atoms with Crippen LogP contribution in [0.1, 0.15) is 57.6 Å². The Morgan fingerprint density at radius 3 is 2.47 bits per heavy atom. The molecule has 0 amide bonds. The van der Waals surface area contributed by atoms with Crippen molar-refractivity contribution in [3.8, 4) is 0 Å². The molecule has 0 radical (unpaired) electrons. The molecule has 0 heterocycles. The van der Waals surface area contributed by atoms with Gasteiger partial charge in [0, 0.05) is 28.0 Å². The van der Waals surface area contributed by atoms with Crippen LogP contribution in [-0.2, 0) is 25.5 Å². The van der Waals surface area contributed by atoms with E-state index in [0.717, 1.165) is 17.0 Å². The van der Waals surface area contributed by atoms with Crippen molar-refractivity contribution < 1.29 is 31.1 Å². The third-order valence-corrected chi connectivity index (χ3v) is 9.68. The molecule has 1 saturated carbocycles. The molecule has 1 fully saturated rings. The third kappa shape index (κ3) is 10.6. The largest absolute Gasteiger partial charge is 0.457 e. The van der Waals surface area contributed by atoms with Gasteiger partial charge in [-0.25, -0.2) is 13.2 Å². The summed E-state index contributed by atoms with van der Waals surface area (Å²) in [6.45, 7) is 5.35. The molecule has 2 aromatic carbocycles. The van der Waals surface area contributed by atoms with Gasteiger partial charge < -0.3 is 10.1 Å². The van der Waals surface area contributed by atoms with E-state index in [0.29, 0.717) is 24.8 Å². The molecular weight excluding hydrogens is 601 g/mol. The van der Waals surface area contributed by atoms with Gasteiger partial charge in [-0.3, -0.25) is 0 Å². The van der Waals surface area contributed by atoms with Gasteiger partial charge in [-0.1, -0.05) is 17.2 Å². The second-order valence-electron chi connectivity index (χ2n) is 11.5. The average molecular weight is 639 g/mol. The quantitative estimate of drug-likeness (QED) is 0.0681. The van der Waals surface area contributed by atoms with Crippen LogP contribution in [0.15, 0.2) is 69.5 Å². The van der Waals surface area contributed by atoms with E-state index < -0.39 is 33.1 Å². The lowest BCUT2D eigenvalue weighted by molar-refractivity contribution is -0.148. The SMILES string of the molecule is CSc1ccc(S(=O)(=O)C[C@H]2C[C@@H](N=[N+]=[N-])CC[C@@H]2NCCC(=CC(=O)OC(C)(C)C)c2cccc(C(F)(F)F)c2)cc1. The maximum absolute atomic E-state index is 13.4. The van der Waals surface area contributed by atoms with E-state index in [2.05, 4.69) is 15.3 Å². The monoisotopic (exact) mass is 638 g/mol. The minimum absolute atomic E-state index is 0.158. The zero-order valence-corrected chi connectivity index (χ0v) is 26.2. The smallest absolute Gasteiger partial charge is 0.416 e. The molecule has 0 saturated heterocycles. The minimum Gasteiger partial charge on any atom is -0.457 e. The molecule has 0 bridgehead atoms. The van der Waals surface area contributed by atoms with Crippen molar-refractivity contribution in [1.29, 1.82) is 0 Å². The summed E-state index contributed by atoms with van der Waals surface area (Å²) in [4.78, 5) is 16.7. The van der Waals surface area contributed by atoms with Crippen molar-refractivity contribution in [1.82, 2.24) is 5.32 Å².